The maximum absolute atomic E-state index is 13.7. The monoisotopic (exact) mass is 514 g/mol. The van der Waals surface area contributed by atoms with Crippen LogP contribution in [-0.2, 0) is 4.79 Å². The maximum atomic E-state index is 13.7. The maximum Gasteiger partial charge on any atom is 0.316 e. The highest BCUT2D eigenvalue weighted by Gasteiger charge is 2.25. The van der Waals surface area contributed by atoms with Crippen molar-refractivity contribution in [2.45, 2.75) is 13.8 Å². The van der Waals surface area contributed by atoms with Crippen LogP contribution in [0.2, 0.25) is 0 Å². The van der Waals surface area contributed by atoms with Crippen LogP contribution in [0, 0.1) is 12.7 Å². The number of piperazine rings is 1. The van der Waals surface area contributed by atoms with E-state index < -0.39 is 11.4 Å². The molecule has 4 aromatic rings. The Labute approximate surface area is 219 Å². The molecule has 9 heteroatoms. The number of halogens is 1. The second-order valence-corrected chi connectivity index (χ2v) is 9.19. The summed E-state index contributed by atoms with van der Waals surface area (Å²) in [6, 6.07) is 18.1. The van der Waals surface area contributed by atoms with E-state index in [-0.39, 0.29) is 17.4 Å². The number of aromatic nitrogens is 2. The second kappa shape index (κ2) is 10.4. The van der Waals surface area contributed by atoms with Crippen LogP contribution < -0.4 is 15.2 Å². The van der Waals surface area contributed by atoms with E-state index in [1.54, 1.807) is 42.3 Å². The van der Waals surface area contributed by atoms with Gasteiger partial charge in [-0.3, -0.25) is 9.59 Å². The van der Waals surface area contributed by atoms with Gasteiger partial charge in [0.15, 0.2) is 0 Å². The molecular formula is C29H27FN4O4. The van der Waals surface area contributed by atoms with Crippen LogP contribution in [0.5, 0.6) is 17.2 Å². The van der Waals surface area contributed by atoms with Crippen LogP contribution in [-0.4, -0.2) is 51.9 Å². The molecule has 1 fully saturated rings. The first kappa shape index (κ1) is 25.0. The van der Waals surface area contributed by atoms with Crippen LogP contribution in [0.25, 0.3) is 16.8 Å². The van der Waals surface area contributed by atoms with Gasteiger partial charge in [-0.2, -0.15) is 9.78 Å². The number of carbonyl (C=O) groups excluding carboxylic acids is 1. The van der Waals surface area contributed by atoms with Gasteiger partial charge in [-0.1, -0.05) is 29.8 Å². The number of nitrogens with zero attached hydrogens (tertiary/aromatic N) is 4. The number of phenols is 1. The Hall–Kier alpha value is -4.66. The van der Waals surface area contributed by atoms with Crippen LogP contribution in [0.1, 0.15) is 12.5 Å². The normalized spacial score (nSPS) is 13.4. The first-order chi connectivity index (χ1) is 18.3. The fraction of sp³-hybridized carbons (Fsp3) is 0.207. The Morgan fingerprint density at radius 2 is 1.66 bits per heavy atom. The van der Waals surface area contributed by atoms with Gasteiger partial charge in [0.2, 0.25) is 11.7 Å². The van der Waals surface area contributed by atoms with Gasteiger partial charge in [0.1, 0.15) is 23.0 Å². The Kier molecular flexibility index (Phi) is 6.83. The van der Waals surface area contributed by atoms with Crippen molar-refractivity contribution in [1.82, 2.24) is 14.7 Å². The van der Waals surface area contributed by atoms with Crippen molar-refractivity contribution in [3.05, 3.63) is 94.7 Å². The van der Waals surface area contributed by atoms with Gasteiger partial charge in [0.25, 0.3) is 0 Å². The zero-order valence-electron chi connectivity index (χ0n) is 21.1. The molecule has 0 saturated carbocycles. The molecule has 0 radical (unpaired) electrons. The zero-order valence-corrected chi connectivity index (χ0v) is 21.1. The summed E-state index contributed by atoms with van der Waals surface area (Å²) < 4.78 is 20.9. The van der Waals surface area contributed by atoms with Gasteiger partial charge in [0, 0.05) is 44.7 Å². The molecule has 194 valence electrons. The third-order valence-electron chi connectivity index (χ3n) is 6.60. The fourth-order valence-corrected chi connectivity index (χ4v) is 4.45. The predicted molar refractivity (Wildman–Crippen MR) is 143 cm³/mol. The van der Waals surface area contributed by atoms with Crippen molar-refractivity contribution < 1.29 is 19.0 Å². The number of rotatable bonds is 5. The minimum absolute atomic E-state index is 0.0151. The van der Waals surface area contributed by atoms with Crippen molar-refractivity contribution >= 4 is 11.6 Å². The first-order valence-corrected chi connectivity index (χ1v) is 12.3. The van der Waals surface area contributed by atoms with E-state index in [0.717, 1.165) is 11.6 Å². The molecule has 5 rings (SSSR count). The molecular weight excluding hydrogens is 487 g/mol. The molecule has 0 spiro atoms. The largest absolute Gasteiger partial charge is 0.507 e. The van der Waals surface area contributed by atoms with E-state index in [1.807, 2.05) is 36.1 Å². The highest BCUT2D eigenvalue weighted by Crippen LogP contribution is 2.33. The highest BCUT2D eigenvalue weighted by atomic mass is 19.1. The molecule has 0 unspecified atom stereocenters. The third-order valence-corrected chi connectivity index (χ3v) is 6.60. The number of phenolic OH excluding ortho intramolecular Hbond substituents is 1. The van der Waals surface area contributed by atoms with E-state index in [1.165, 1.54) is 16.8 Å². The standard InChI is InChI=1S/C29H27FN4O4/c1-19-3-8-23(9-4-19)34-29(37)28(26(18-31-34)33-15-13-32(14-16-33)20(2)35)38-24-10-5-21(6-11-24)25-12-7-22(30)17-27(25)36/h3-12,17-18,36H,13-16H2,1-2H3. The van der Waals surface area contributed by atoms with Crippen molar-refractivity contribution in [2.75, 3.05) is 31.1 Å². The van der Waals surface area contributed by atoms with Gasteiger partial charge in [-0.15, -0.1) is 0 Å². The molecule has 1 saturated heterocycles. The zero-order chi connectivity index (χ0) is 26.8. The van der Waals surface area contributed by atoms with E-state index in [4.69, 9.17) is 4.74 Å². The Bertz CT molecular complexity index is 1530. The number of amides is 1. The lowest BCUT2D eigenvalue weighted by atomic mass is 10.0. The smallest absolute Gasteiger partial charge is 0.316 e. The third kappa shape index (κ3) is 5.08. The van der Waals surface area contributed by atoms with Crippen LogP contribution in [0.15, 0.2) is 77.7 Å². The van der Waals surface area contributed by atoms with E-state index in [2.05, 4.69) is 5.10 Å². The number of hydrogen-bond donors (Lipinski definition) is 1. The lowest BCUT2D eigenvalue weighted by molar-refractivity contribution is -0.129. The van der Waals surface area contributed by atoms with Crippen LogP contribution >= 0.6 is 0 Å². The van der Waals surface area contributed by atoms with E-state index in [9.17, 15) is 19.1 Å². The van der Waals surface area contributed by atoms with Gasteiger partial charge >= 0.3 is 5.56 Å². The first-order valence-electron chi connectivity index (χ1n) is 12.3. The summed E-state index contributed by atoms with van der Waals surface area (Å²) in [6.07, 6.45) is 1.62. The predicted octanol–water partition coefficient (Wildman–Crippen LogP) is 4.51. The van der Waals surface area contributed by atoms with Gasteiger partial charge < -0.3 is 19.6 Å². The lowest BCUT2D eigenvalue weighted by Gasteiger charge is -2.35. The molecule has 0 atom stereocenters. The summed E-state index contributed by atoms with van der Waals surface area (Å²) in [7, 11) is 0. The molecule has 1 aromatic heterocycles. The average Bonchev–Trinajstić information content (AvgIpc) is 2.91. The summed E-state index contributed by atoms with van der Waals surface area (Å²) in [6.45, 7) is 5.65. The summed E-state index contributed by atoms with van der Waals surface area (Å²) >= 11 is 0. The van der Waals surface area contributed by atoms with Crippen molar-refractivity contribution in [3.63, 3.8) is 0 Å². The fourth-order valence-electron chi connectivity index (χ4n) is 4.45. The summed E-state index contributed by atoms with van der Waals surface area (Å²) in [5.41, 5.74) is 2.95. The van der Waals surface area contributed by atoms with Gasteiger partial charge in [0.05, 0.1) is 11.9 Å². The minimum atomic E-state index is -0.523. The van der Waals surface area contributed by atoms with Gasteiger partial charge in [-0.05, 0) is 48.9 Å². The topological polar surface area (TPSA) is 87.9 Å². The van der Waals surface area contributed by atoms with Crippen molar-refractivity contribution in [2.24, 2.45) is 0 Å². The number of aryl methyl sites for hydroxylation is 1. The molecule has 2 heterocycles. The molecule has 38 heavy (non-hydrogen) atoms. The summed E-state index contributed by atoms with van der Waals surface area (Å²) in [5, 5.41) is 14.5. The number of hydrogen-bond acceptors (Lipinski definition) is 6. The SMILES string of the molecule is CC(=O)N1CCN(c2cnn(-c3ccc(C)cc3)c(=O)c2Oc2ccc(-c3ccc(F)cc3O)cc2)CC1. The van der Waals surface area contributed by atoms with Gasteiger partial charge in [-0.25, -0.2) is 4.39 Å². The average molecular weight is 515 g/mol. The summed E-state index contributed by atoms with van der Waals surface area (Å²) in [4.78, 5) is 29.2. The quantitative estimate of drug-likeness (QED) is 0.422. The molecule has 8 nitrogen and oxygen atoms in total. The molecule has 0 bridgehead atoms. The minimum Gasteiger partial charge on any atom is -0.507 e. The van der Waals surface area contributed by atoms with E-state index >= 15 is 0 Å². The van der Waals surface area contributed by atoms with Crippen LogP contribution in [0.4, 0.5) is 10.1 Å². The number of aromatic hydroxyl groups is 1. The van der Waals surface area contributed by atoms with Crippen molar-refractivity contribution in [1.29, 1.82) is 0 Å². The molecule has 0 aliphatic carbocycles. The van der Waals surface area contributed by atoms with Crippen molar-refractivity contribution in [3.8, 4) is 34.1 Å². The number of carbonyl (C=O) groups is 1. The Balaban J connectivity index is 1.50. The summed E-state index contributed by atoms with van der Waals surface area (Å²) in [5.74, 6) is -0.139. The van der Waals surface area contributed by atoms with E-state index in [0.29, 0.717) is 54.4 Å². The molecule has 3 aromatic carbocycles. The number of benzene rings is 3. The molecule has 1 amide bonds. The Morgan fingerprint density at radius 1 is 0.974 bits per heavy atom. The number of anilines is 1. The molecule has 1 aliphatic heterocycles. The second-order valence-electron chi connectivity index (χ2n) is 9.19. The molecule has 1 aliphatic rings. The highest BCUT2D eigenvalue weighted by molar-refractivity contribution is 5.74. The number of ether oxygens (including phenoxy) is 1. The molecule has 1 N–H and O–H groups in total. The van der Waals surface area contributed by atoms with Crippen LogP contribution in [0.3, 0.4) is 0 Å². The Morgan fingerprint density at radius 3 is 2.29 bits per heavy atom. The lowest BCUT2D eigenvalue weighted by Crippen LogP contribution is -2.48.